The number of carbonyl (C=O) groups excluding carboxylic acids is 1. The maximum Gasteiger partial charge on any atom is 0.314 e. The van der Waals surface area contributed by atoms with Crippen LogP contribution in [0, 0.1) is 10.8 Å². The van der Waals surface area contributed by atoms with Crippen molar-refractivity contribution >= 4 is 11.8 Å². The van der Waals surface area contributed by atoms with Crippen molar-refractivity contribution in [2.45, 2.75) is 27.2 Å². The summed E-state index contributed by atoms with van der Waals surface area (Å²) in [4.78, 5) is 22.6. The van der Waals surface area contributed by atoms with Crippen LogP contribution in [0.2, 0.25) is 0 Å². The zero-order valence-electron chi connectivity index (χ0n) is 8.79. The first kappa shape index (κ1) is 11.2. The number of ether oxygens (including phenoxy) is 1. The Morgan fingerprint density at radius 2 is 1.86 bits per heavy atom. The molecule has 0 bridgehead atoms. The second-order valence-electron chi connectivity index (χ2n) is 4.93. The molecule has 80 valence electrons. The molecule has 1 heterocycles. The van der Waals surface area contributed by atoms with Crippen LogP contribution in [0.25, 0.3) is 0 Å². The van der Waals surface area contributed by atoms with E-state index in [0.29, 0.717) is 0 Å². The highest BCUT2D eigenvalue weighted by Gasteiger charge is 2.48. The first-order valence-electron chi connectivity index (χ1n) is 4.62. The monoisotopic (exact) mass is 200 g/mol. The summed E-state index contributed by atoms with van der Waals surface area (Å²) in [7, 11) is 0. The molecule has 14 heavy (non-hydrogen) atoms. The van der Waals surface area contributed by atoms with Gasteiger partial charge in [-0.1, -0.05) is 20.8 Å². The van der Waals surface area contributed by atoms with Gasteiger partial charge in [0.25, 0.3) is 0 Å². The van der Waals surface area contributed by atoms with Gasteiger partial charge in [-0.3, -0.25) is 9.59 Å². The smallest absolute Gasteiger partial charge is 0.314 e. The van der Waals surface area contributed by atoms with E-state index in [2.05, 4.69) is 0 Å². The molecular weight excluding hydrogens is 184 g/mol. The van der Waals surface area contributed by atoms with E-state index in [1.165, 1.54) is 0 Å². The maximum absolute atomic E-state index is 11.7. The van der Waals surface area contributed by atoms with Gasteiger partial charge in [-0.05, 0) is 0 Å². The van der Waals surface area contributed by atoms with Crippen molar-refractivity contribution in [3.8, 4) is 0 Å². The lowest BCUT2D eigenvalue weighted by molar-refractivity contribution is -0.183. The van der Waals surface area contributed by atoms with Gasteiger partial charge in [-0.25, -0.2) is 0 Å². The van der Waals surface area contributed by atoms with Gasteiger partial charge in [0.15, 0.2) is 0 Å². The van der Waals surface area contributed by atoms with E-state index in [-0.39, 0.29) is 25.4 Å². The number of rotatable bonds is 3. The quantitative estimate of drug-likeness (QED) is 0.740. The number of Topliss-reactive ketones (excluding diaryl/α,β-unsaturated/α-hetero) is 1. The molecule has 0 aliphatic carbocycles. The fourth-order valence-corrected chi connectivity index (χ4v) is 1.22. The minimum atomic E-state index is -0.954. The number of hydrogen-bond donors (Lipinski definition) is 1. The molecule has 0 aromatic heterocycles. The van der Waals surface area contributed by atoms with Crippen LogP contribution in [0.1, 0.15) is 27.2 Å². The molecule has 1 rings (SSSR count). The summed E-state index contributed by atoms with van der Waals surface area (Å²) in [5, 5.41) is 8.97. The number of carbonyl (C=O) groups is 2. The number of carboxylic acid groups (broad SMARTS) is 1. The summed E-state index contributed by atoms with van der Waals surface area (Å²) in [6.07, 6.45) is 0.0752. The first-order chi connectivity index (χ1) is 6.28. The van der Waals surface area contributed by atoms with E-state index in [4.69, 9.17) is 9.84 Å². The lowest BCUT2D eigenvalue weighted by Gasteiger charge is -2.38. The standard InChI is InChI=1S/C10H16O4/c1-9(2,3)7(11)4-10(8(12)13)5-14-6-10/h4-6H2,1-3H3,(H,12,13). The van der Waals surface area contributed by atoms with Gasteiger partial charge in [-0.2, -0.15) is 0 Å². The zero-order chi connectivity index (χ0) is 11.0. The van der Waals surface area contributed by atoms with Crippen LogP contribution in [0.5, 0.6) is 0 Å². The Kier molecular flexibility index (Phi) is 2.67. The van der Waals surface area contributed by atoms with Crippen molar-refractivity contribution < 1.29 is 19.4 Å². The normalized spacial score (nSPS) is 19.9. The molecule has 0 radical (unpaired) electrons. The number of hydrogen-bond acceptors (Lipinski definition) is 3. The maximum atomic E-state index is 11.7. The molecule has 1 N–H and O–H groups in total. The van der Waals surface area contributed by atoms with Gasteiger partial charge in [0.05, 0.1) is 13.2 Å². The predicted molar refractivity (Wildman–Crippen MR) is 50.0 cm³/mol. The Morgan fingerprint density at radius 3 is 2.07 bits per heavy atom. The molecule has 0 aromatic carbocycles. The van der Waals surface area contributed by atoms with Gasteiger partial charge in [-0.15, -0.1) is 0 Å². The molecule has 0 saturated carbocycles. The van der Waals surface area contributed by atoms with Gasteiger partial charge >= 0.3 is 5.97 Å². The van der Waals surface area contributed by atoms with Crippen LogP contribution >= 0.6 is 0 Å². The summed E-state index contributed by atoms with van der Waals surface area (Å²) in [5.74, 6) is -0.954. The summed E-state index contributed by atoms with van der Waals surface area (Å²) < 4.78 is 4.88. The lowest BCUT2D eigenvalue weighted by atomic mass is 9.75. The third-order valence-electron chi connectivity index (χ3n) is 2.55. The molecule has 0 aromatic rings. The fraction of sp³-hybridized carbons (Fsp3) is 0.800. The zero-order valence-corrected chi connectivity index (χ0v) is 8.79. The van der Waals surface area contributed by atoms with Gasteiger partial charge in [0, 0.05) is 11.8 Å². The molecule has 4 nitrogen and oxygen atoms in total. The highest BCUT2D eigenvalue weighted by Crippen LogP contribution is 2.35. The van der Waals surface area contributed by atoms with Crippen LogP contribution in [-0.4, -0.2) is 30.1 Å². The molecule has 1 saturated heterocycles. The van der Waals surface area contributed by atoms with Crippen molar-refractivity contribution in [3.05, 3.63) is 0 Å². The highest BCUT2D eigenvalue weighted by molar-refractivity contribution is 5.89. The SMILES string of the molecule is CC(C)(C)C(=O)CC1(C(=O)O)COC1. The molecular formula is C10H16O4. The number of carboxylic acids is 1. The molecule has 0 unspecified atom stereocenters. The second-order valence-corrected chi connectivity index (χ2v) is 4.93. The summed E-state index contributed by atoms with van der Waals surface area (Å²) in [5.41, 5.74) is -1.43. The lowest BCUT2D eigenvalue weighted by Crippen LogP contribution is -2.51. The minimum absolute atomic E-state index is 0.0248. The summed E-state index contributed by atoms with van der Waals surface area (Å²) >= 11 is 0. The Bertz CT molecular complexity index is 258. The van der Waals surface area contributed by atoms with Crippen molar-refractivity contribution in [2.75, 3.05) is 13.2 Å². The molecule has 0 amide bonds. The average molecular weight is 200 g/mol. The van der Waals surface area contributed by atoms with Crippen molar-refractivity contribution in [1.82, 2.24) is 0 Å². The van der Waals surface area contributed by atoms with E-state index >= 15 is 0 Å². The Labute approximate surface area is 83.2 Å². The van der Waals surface area contributed by atoms with Crippen molar-refractivity contribution in [3.63, 3.8) is 0 Å². The summed E-state index contributed by atoms with van der Waals surface area (Å²) in [6, 6.07) is 0. The van der Waals surface area contributed by atoms with E-state index in [1.807, 2.05) is 0 Å². The Balaban J connectivity index is 2.67. The van der Waals surface area contributed by atoms with Crippen LogP contribution in [0.4, 0.5) is 0 Å². The van der Waals surface area contributed by atoms with E-state index in [1.54, 1.807) is 20.8 Å². The largest absolute Gasteiger partial charge is 0.481 e. The van der Waals surface area contributed by atoms with Gasteiger partial charge < -0.3 is 9.84 Å². The molecule has 4 heteroatoms. The topological polar surface area (TPSA) is 63.6 Å². The summed E-state index contributed by atoms with van der Waals surface area (Å²) in [6.45, 7) is 5.70. The molecule has 1 aliphatic rings. The molecule has 1 fully saturated rings. The van der Waals surface area contributed by atoms with Crippen LogP contribution in [-0.2, 0) is 14.3 Å². The molecule has 0 spiro atoms. The van der Waals surface area contributed by atoms with E-state index < -0.39 is 16.8 Å². The molecule has 1 aliphatic heterocycles. The highest BCUT2D eigenvalue weighted by atomic mass is 16.5. The van der Waals surface area contributed by atoms with E-state index in [9.17, 15) is 9.59 Å². The average Bonchev–Trinajstić information content (AvgIpc) is 1.93. The first-order valence-corrected chi connectivity index (χ1v) is 4.62. The van der Waals surface area contributed by atoms with Crippen molar-refractivity contribution in [1.29, 1.82) is 0 Å². The predicted octanol–water partition coefficient (Wildman–Crippen LogP) is 1.09. The number of ketones is 1. The van der Waals surface area contributed by atoms with E-state index in [0.717, 1.165) is 0 Å². The second kappa shape index (κ2) is 3.35. The Morgan fingerprint density at radius 1 is 1.36 bits per heavy atom. The fourth-order valence-electron chi connectivity index (χ4n) is 1.22. The van der Waals surface area contributed by atoms with Crippen LogP contribution in [0.3, 0.4) is 0 Å². The van der Waals surface area contributed by atoms with Crippen molar-refractivity contribution in [2.24, 2.45) is 10.8 Å². The minimum Gasteiger partial charge on any atom is -0.481 e. The number of aliphatic carboxylic acids is 1. The van der Waals surface area contributed by atoms with Gasteiger partial charge in [0.2, 0.25) is 0 Å². The van der Waals surface area contributed by atoms with Gasteiger partial charge in [0.1, 0.15) is 11.2 Å². The Hall–Kier alpha value is -0.900. The molecule has 0 atom stereocenters. The van der Waals surface area contributed by atoms with Crippen LogP contribution < -0.4 is 0 Å². The van der Waals surface area contributed by atoms with Crippen LogP contribution in [0.15, 0.2) is 0 Å². The third kappa shape index (κ3) is 1.95. The third-order valence-corrected chi connectivity index (χ3v) is 2.55.